The zero-order chi connectivity index (χ0) is 18.1. The highest BCUT2D eigenvalue weighted by Gasteiger charge is 2.25. The van der Waals surface area contributed by atoms with Crippen LogP contribution in [-0.2, 0) is 0 Å². The van der Waals surface area contributed by atoms with Crippen molar-refractivity contribution in [3.05, 3.63) is 59.5 Å². The van der Waals surface area contributed by atoms with Crippen LogP contribution in [0.5, 0.6) is 0 Å². The van der Waals surface area contributed by atoms with Crippen LogP contribution in [0.25, 0.3) is 11.5 Å². The summed E-state index contributed by atoms with van der Waals surface area (Å²) in [6, 6.07) is 11.7. The first-order chi connectivity index (χ1) is 12.6. The predicted molar refractivity (Wildman–Crippen MR) is 98.2 cm³/mol. The molecule has 0 N–H and O–H groups in total. The Labute approximate surface area is 152 Å². The van der Waals surface area contributed by atoms with E-state index in [1.807, 2.05) is 4.90 Å². The third kappa shape index (κ3) is 3.10. The molecule has 1 aromatic carbocycles. The molecule has 0 atom stereocenters. The topological polar surface area (TPSA) is 62.7 Å². The molecule has 4 rings (SSSR count). The third-order valence-electron chi connectivity index (χ3n) is 4.77. The minimum Gasteiger partial charge on any atom is -0.461 e. The van der Waals surface area contributed by atoms with Crippen LogP contribution in [0.1, 0.15) is 21.6 Å². The van der Waals surface area contributed by atoms with E-state index in [-0.39, 0.29) is 5.91 Å². The number of benzene rings is 1. The monoisotopic (exact) mass is 351 g/mol. The summed E-state index contributed by atoms with van der Waals surface area (Å²) in [4.78, 5) is 16.9. The van der Waals surface area contributed by atoms with Crippen LogP contribution in [0.15, 0.2) is 51.6 Å². The summed E-state index contributed by atoms with van der Waals surface area (Å²) < 4.78 is 10.5. The number of amides is 1. The Balaban J connectivity index is 1.43. The molecule has 0 bridgehead atoms. The highest BCUT2D eigenvalue weighted by Crippen LogP contribution is 2.24. The van der Waals surface area contributed by atoms with Crippen molar-refractivity contribution in [3.8, 4) is 11.5 Å². The quantitative estimate of drug-likeness (QED) is 0.722. The smallest absolute Gasteiger partial charge is 0.276 e. The van der Waals surface area contributed by atoms with E-state index in [1.165, 1.54) is 16.8 Å². The van der Waals surface area contributed by atoms with Gasteiger partial charge in [0.15, 0.2) is 11.5 Å². The number of hydrogen-bond donors (Lipinski definition) is 0. The highest BCUT2D eigenvalue weighted by atomic mass is 16.5. The Bertz CT molecular complexity index is 906. The van der Waals surface area contributed by atoms with Crippen molar-refractivity contribution in [3.63, 3.8) is 0 Å². The molecule has 0 unspecified atom stereocenters. The molecular formula is C20H21N3O3. The molecule has 1 fully saturated rings. The molecule has 1 saturated heterocycles. The molecular weight excluding hydrogens is 330 g/mol. The van der Waals surface area contributed by atoms with Gasteiger partial charge in [-0.25, -0.2) is 0 Å². The van der Waals surface area contributed by atoms with Crippen molar-refractivity contribution in [1.29, 1.82) is 0 Å². The molecule has 1 aliphatic heterocycles. The first-order valence-electron chi connectivity index (χ1n) is 8.74. The predicted octanol–water partition coefficient (Wildman–Crippen LogP) is 3.51. The molecule has 0 spiro atoms. The molecule has 134 valence electrons. The largest absolute Gasteiger partial charge is 0.461 e. The summed E-state index contributed by atoms with van der Waals surface area (Å²) in [6.45, 7) is 7.16. The minimum absolute atomic E-state index is 0.104. The number of hydrogen-bond acceptors (Lipinski definition) is 5. The van der Waals surface area contributed by atoms with Gasteiger partial charge < -0.3 is 18.7 Å². The van der Waals surface area contributed by atoms with Gasteiger partial charge in [0, 0.05) is 37.9 Å². The van der Waals surface area contributed by atoms with E-state index in [0.29, 0.717) is 30.3 Å². The van der Waals surface area contributed by atoms with Gasteiger partial charge in [0.05, 0.1) is 6.26 Å². The van der Waals surface area contributed by atoms with Crippen LogP contribution in [0.4, 0.5) is 5.69 Å². The molecule has 3 aromatic rings. The number of nitrogens with zero attached hydrogens (tertiary/aromatic N) is 3. The van der Waals surface area contributed by atoms with E-state index in [2.05, 4.69) is 42.1 Å². The SMILES string of the molecule is Cc1ccc(C)c(N2CCN(C(=O)c3cc(-c4ccco4)on3)CC2)c1. The molecule has 1 amide bonds. The van der Waals surface area contributed by atoms with Crippen molar-refractivity contribution < 1.29 is 13.7 Å². The molecule has 26 heavy (non-hydrogen) atoms. The molecule has 6 heteroatoms. The van der Waals surface area contributed by atoms with Gasteiger partial charge in [-0.3, -0.25) is 4.79 Å². The standard InChI is InChI=1S/C20H21N3O3/c1-14-5-6-15(2)17(12-14)22-7-9-23(10-8-22)20(24)16-13-19(26-21-16)18-4-3-11-25-18/h3-6,11-13H,7-10H2,1-2H3. The maximum absolute atomic E-state index is 12.7. The summed E-state index contributed by atoms with van der Waals surface area (Å²) >= 11 is 0. The summed E-state index contributed by atoms with van der Waals surface area (Å²) in [5, 5.41) is 3.91. The van der Waals surface area contributed by atoms with Gasteiger partial charge in [-0.15, -0.1) is 0 Å². The van der Waals surface area contributed by atoms with Gasteiger partial charge in [-0.1, -0.05) is 17.3 Å². The third-order valence-corrected chi connectivity index (χ3v) is 4.77. The average molecular weight is 351 g/mol. The van der Waals surface area contributed by atoms with Gasteiger partial charge in [-0.2, -0.15) is 0 Å². The van der Waals surface area contributed by atoms with Crippen LogP contribution < -0.4 is 4.90 Å². The van der Waals surface area contributed by atoms with Crippen molar-refractivity contribution in [1.82, 2.24) is 10.1 Å². The van der Waals surface area contributed by atoms with Crippen LogP contribution in [0, 0.1) is 13.8 Å². The number of piperazine rings is 1. The molecule has 2 aromatic heterocycles. The van der Waals surface area contributed by atoms with Crippen LogP contribution >= 0.6 is 0 Å². The molecule has 0 saturated carbocycles. The second-order valence-electron chi connectivity index (χ2n) is 6.62. The lowest BCUT2D eigenvalue weighted by Crippen LogP contribution is -2.49. The van der Waals surface area contributed by atoms with Crippen molar-refractivity contribution in [2.75, 3.05) is 31.1 Å². The second-order valence-corrected chi connectivity index (χ2v) is 6.62. The van der Waals surface area contributed by atoms with Crippen molar-refractivity contribution >= 4 is 11.6 Å². The van der Waals surface area contributed by atoms with Crippen LogP contribution in [-0.4, -0.2) is 42.1 Å². The lowest BCUT2D eigenvalue weighted by Gasteiger charge is -2.36. The van der Waals surface area contributed by atoms with Gasteiger partial charge in [0.1, 0.15) is 0 Å². The summed E-state index contributed by atoms with van der Waals surface area (Å²) in [5.74, 6) is 0.927. The fourth-order valence-corrected chi connectivity index (χ4v) is 3.28. The van der Waals surface area contributed by atoms with E-state index in [4.69, 9.17) is 8.94 Å². The van der Waals surface area contributed by atoms with E-state index in [0.717, 1.165) is 13.1 Å². The molecule has 0 aliphatic carbocycles. The normalized spacial score (nSPS) is 14.7. The Hall–Kier alpha value is -3.02. The van der Waals surface area contributed by atoms with Gasteiger partial charge >= 0.3 is 0 Å². The number of rotatable bonds is 3. The number of carbonyl (C=O) groups excluding carboxylic acids is 1. The Morgan fingerprint density at radius 2 is 1.85 bits per heavy atom. The molecule has 1 aliphatic rings. The Kier molecular flexibility index (Phi) is 4.24. The first kappa shape index (κ1) is 16.4. The maximum Gasteiger partial charge on any atom is 0.276 e. The number of furan rings is 1. The fourth-order valence-electron chi connectivity index (χ4n) is 3.28. The van der Waals surface area contributed by atoms with Crippen molar-refractivity contribution in [2.45, 2.75) is 13.8 Å². The minimum atomic E-state index is -0.104. The summed E-state index contributed by atoms with van der Waals surface area (Å²) in [5.41, 5.74) is 4.07. The number of aromatic nitrogens is 1. The van der Waals surface area contributed by atoms with Crippen molar-refractivity contribution in [2.24, 2.45) is 0 Å². The average Bonchev–Trinajstić information content (AvgIpc) is 3.35. The van der Waals surface area contributed by atoms with Crippen LogP contribution in [0.3, 0.4) is 0 Å². The summed E-state index contributed by atoms with van der Waals surface area (Å²) in [7, 11) is 0. The van der Waals surface area contributed by atoms with E-state index in [1.54, 1.807) is 24.5 Å². The second kappa shape index (κ2) is 6.71. The fraction of sp³-hybridized carbons (Fsp3) is 0.300. The van der Waals surface area contributed by atoms with E-state index in [9.17, 15) is 4.79 Å². The zero-order valence-corrected chi connectivity index (χ0v) is 14.9. The molecule has 3 heterocycles. The number of aryl methyl sites for hydroxylation is 2. The zero-order valence-electron chi connectivity index (χ0n) is 14.9. The lowest BCUT2D eigenvalue weighted by molar-refractivity contribution is 0.0736. The van der Waals surface area contributed by atoms with Gasteiger partial charge in [-0.05, 0) is 43.2 Å². The summed E-state index contributed by atoms with van der Waals surface area (Å²) in [6.07, 6.45) is 1.56. The molecule has 0 radical (unpaired) electrons. The van der Waals surface area contributed by atoms with Gasteiger partial charge in [0.2, 0.25) is 5.76 Å². The van der Waals surface area contributed by atoms with E-state index >= 15 is 0 Å². The number of anilines is 1. The highest BCUT2D eigenvalue weighted by molar-refractivity contribution is 5.93. The Morgan fingerprint density at radius 3 is 2.58 bits per heavy atom. The molecule has 6 nitrogen and oxygen atoms in total. The lowest BCUT2D eigenvalue weighted by atomic mass is 10.1. The maximum atomic E-state index is 12.7. The van der Waals surface area contributed by atoms with Crippen LogP contribution in [0.2, 0.25) is 0 Å². The van der Waals surface area contributed by atoms with Gasteiger partial charge in [0.25, 0.3) is 5.91 Å². The number of carbonyl (C=O) groups is 1. The Morgan fingerprint density at radius 1 is 1.04 bits per heavy atom. The first-order valence-corrected chi connectivity index (χ1v) is 8.74. The van der Waals surface area contributed by atoms with E-state index < -0.39 is 0 Å².